The van der Waals surface area contributed by atoms with Crippen molar-refractivity contribution in [1.82, 2.24) is 4.98 Å². The number of hydrogen-bond donors (Lipinski definition) is 2. The third kappa shape index (κ3) is 5.34. The maximum atomic E-state index is 12.5. The van der Waals surface area contributed by atoms with Crippen LogP contribution in [-0.4, -0.2) is 29.7 Å². The Hall–Kier alpha value is -4.34. The van der Waals surface area contributed by atoms with Gasteiger partial charge in [0.1, 0.15) is 28.5 Å². The van der Waals surface area contributed by atoms with Crippen LogP contribution < -0.4 is 11.1 Å². The van der Waals surface area contributed by atoms with Gasteiger partial charge < -0.3 is 15.8 Å². The molecule has 3 N–H and O–H groups in total. The lowest BCUT2D eigenvalue weighted by Gasteiger charge is -2.13. The van der Waals surface area contributed by atoms with E-state index in [1.807, 2.05) is 37.3 Å². The van der Waals surface area contributed by atoms with Gasteiger partial charge in [0, 0.05) is 17.7 Å². The number of amides is 1. The summed E-state index contributed by atoms with van der Waals surface area (Å²) in [5, 5.41) is 22.5. The first-order valence-corrected chi connectivity index (χ1v) is 11.2. The molecule has 0 unspecified atom stereocenters. The van der Waals surface area contributed by atoms with E-state index in [1.54, 1.807) is 24.3 Å². The van der Waals surface area contributed by atoms with Gasteiger partial charge in [-0.25, -0.2) is 9.78 Å². The molecule has 34 heavy (non-hydrogen) atoms. The summed E-state index contributed by atoms with van der Waals surface area (Å²) >= 11 is 1.20. The number of pyridine rings is 1. The number of nitrogens with two attached hydrogens (primary N) is 1. The van der Waals surface area contributed by atoms with Gasteiger partial charge in [-0.15, -0.1) is 11.8 Å². The van der Waals surface area contributed by atoms with E-state index >= 15 is 0 Å². The van der Waals surface area contributed by atoms with Crippen molar-refractivity contribution in [3.8, 4) is 23.3 Å². The largest absolute Gasteiger partial charge is 0.465 e. The molecule has 0 aliphatic carbocycles. The van der Waals surface area contributed by atoms with Crippen molar-refractivity contribution in [3.05, 3.63) is 70.8 Å². The van der Waals surface area contributed by atoms with Gasteiger partial charge in [0.2, 0.25) is 5.91 Å². The van der Waals surface area contributed by atoms with E-state index in [0.29, 0.717) is 27.6 Å². The molecule has 0 bridgehead atoms. The highest BCUT2D eigenvalue weighted by atomic mass is 32.2. The maximum Gasteiger partial charge on any atom is 0.339 e. The molecule has 0 aliphatic rings. The average molecular weight is 472 g/mol. The second kappa shape index (κ2) is 11.0. The van der Waals surface area contributed by atoms with Gasteiger partial charge in [-0.05, 0) is 24.6 Å². The Morgan fingerprint density at radius 3 is 2.41 bits per heavy atom. The topological polar surface area (TPSA) is 142 Å². The van der Waals surface area contributed by atoms with Gasteiger partial charge in [-0.1, -0.05) is 42.0 Å². The molecular formula is C25H21N5O3S. The number of nitriles is 2. The molecule has 1 heterocycles. The summed E-state index contributed by atoms with van der Waals surface area (Å²) in [5.41, 5.74) is 9.17. The molecule has 1 amide bonds. The van der Waals surface area contributed by atoms with E-state index in [9.17, 15) is 20.1 Å². The van der Waals surface area contributed by atoms with Crippen LogP contribution in [0, 0.1) is 29.6 Å². The van der Waals surface area contributed by atoms with E-state index < -0.39 is 5.97 Å². The van der Waals surface area contributed by atoms with Crippen LogP contribution in [0.15, 0.2) is 53.6 Å². The molecule has 3 aromatic rings. The first kappa shape index (κ1) is 24.3. The molecule has 170 valence electrons. The number of thioether (sulfide) groups is 1. The molecule has 0 atom stereocenters. The number of benzene rings is 2. The Bertz CT molecular complexity index is 1320. The average Bonchev–Trinajstić information content (AvgIpc) is 2.84. The van der Waals surface area contributed by atoms with Crippen molar-refractivity contribution in [3.63, 3.8) is 0 Å². The van der Waals surface area contributed by atoms with E-state index in [2.05, 4.69) is 16.4 Å². The number of nitrogens with zero attached hydrogens (tertiary/aromatic N) is 3. The summed E-state index contributed by atoms with van der Waals surface area (Å²) in [4.78, 5) is 28.6. The third-order valence-corrected chi connectivity index (χ3v) is 5.91. The van der Waals surface area contributed by atoms with Crippen LogP contribution in [-0.2, 0) is 9.53 Å². The van der Waals surface area contributed by atoms with Crippen LogP contribution >= 0.6 is 11.8 Å². The number of hydrogen-bond acceptors (Lipinski definition) is 8. The predicted octanol–water partition coefficient (Wildman–Crippen LogP) is 4.29. The number of ether oxygens (including phenoxy) is 1. The van der Waals surface area contributed by atoms with Crippen molar-refractivity contribution >= 4 is 35.1 Å². The minimum Gasteiger partial charge on any atom is -0.465 e. The van der Waals surface area contributed by atoms with E-state index in [4.69, 9.17) is 10.5 Å². The monoisotopic (exact) mass is 471 g/mol. The van der Waals surface area contributed by atoms with Crippen LogP contribution in [0.1, 0.15) is 33.5 Å². The summed E-state index contributed by atoms with van der Waals surface area (Å²) in [6.45, 7) is 1.94. The molecule has 9 heteroatoms. The van der Waals surface area contributed by atoms with Gasteiger partial charge >= 0.3 is 5.97 Å². The lowest BCUT2D eigenvalue weighted by Crippen LogP contribution is -2.15. The Kier molecular flexibility index (Phi) is 7.86. The van der Waals surface area contributed by atoms with E-state index in [1.165, 1.54) is 18.9 Å². The first-order valence-electron chi connectivity index (χ1n) is 10.2. The van der Waals surface area contributed by atoms with Gasteiger partial charge in [0.05, 0.1) is 23.9 Å². The minimum absolute atomic E-state index is 0.0241. The molecule has 1 aromatic heterocycles. The number of aryl methyl sites for hydroxylation is 1. The molecular weight excluding hydrogens is 450 g/mol. The van der Waals surface area contributed by atoms with Crippen LogP contribution in [0.3, 0.4) is 0 Å². The fraction of sp³-hybridized carbons (Fsp3) is 0.160. The minimum atomic E-state index is -0.551. The molecule has 0 aliphatic heterocycles. The Labute approximate surface area is 201 Å². The number of carbonyl (C=O) groups excluding carboxylic acids is 2. The van der Waals surface area contributed by atoms with Crippen LogP contribution in [0.25, 0.3) is 11.1 Å². The quantitative estimate of drug-likeness (QED) is 0.384. The summed E-state index contributed by atoms with van der Waals surface area (Å²) in [5.74, 6) is -0.546. The highest BCUT2D eigenvalue weighted by molar-refractivity contribution is 7.99. The second-order valence-corrected chi connectivity index (χ2v) is 8.28. The standard InChI is InChI=1S/C25H21N5O3S/c1-15-7-9-16(10-8-15)22-18(13-26)23(28)30-24(19(22)14-27)34-12-11-21(31)29-20-6-4-3-5-17(20)25(32)33-2/h3-10H,11-12H2,1-2H3,(H2,28,30)(H,29,31). The highest BCUT2D eigenvalue weighted by Gasteiger charge is 2.21. The number of aromatic nitrogens is 1. The summed E-state index contributed by atoms with van der Waals surface area (Å²) in [7, 11) is 1.27. The van der Waals surface area contributed by atoms with Crippen molar-refractivity contribution in [2.24, 2.45) is 0 Å². The zero-order valence-corrected chi connectivity index (χ0v) is 19.4. The second-order valence-electron chi connectivity index (χ2n) is 7.20. The van der Waals surface area contributed by atoms with Crippen molar-refractivity contribution in [2.75, 3.05) is 23.9 Å². The molecule has 8 nitrogen and oxygen atoms in total. The lowest BCUT2D eigenvalue weighted by atomic mass is 9.96. The molecule has 3 rings (SSSR count). The van der Waals surface area contributed by atoms with Crippen LogP contribution in [0.4, 0.5) is 11.5 Å². The SMILES string of the molecule is COC(=O)c1ccccc1NC(=O)CCSc1nc(N)c(C#N)c(-c2ccc(C)cc2)c1C#N. The summed E-state index contributed by atoms with van der Waals surface area (Å²) < 4.78 is 4.74. The van der Waals surface area contributed by atoms with Gasteiger partial charge in [-0.2, -0.15) is 10.5 Å². The highest BCUT2D eigenvalue weighted by Crippen LogP contribution is 2.35. The number of para-hydroxylation sites is 1. The van der Waals surface area contributed by atoms with Crippen LogP contribution in [0.2, 0.25) is 0 Å². The zero-order valence-electron chi connectivity index (χ0n) is 18.6. The fourth-order valence-corrected chi connectivity index (χ4v) is 4.18. The van der Waals surface area contributed by atoms with Crippen LogP contribution in [0.5, 0.6) is 0 Å². The summed E-state index contributed by atoms with van der Waals surface area (Å²) in [6.07, 6.45) is 0.0898. The Morgan fingerprint density at radius 2 is 1.76 bits per heavy atom. The number of nitrogen functional groups attached to an aromatic ring is 1. The molecule has 0 fully saturated rings. The number of carbonyl (C=O) groups is 2. The predicted molar refractivity (Wildman–Crippen MR) is 130 cm³/mol. The first-order chi connectivity index (χ1) is 16.4. The zero-order chi connectivity index (χ0) is 24.7. The summed E-state index contributed by atoms with van der Waals surface area (Å²) in [6, 6.07) is 18.2. The lowest BCUT2D eigenvalue weighted by molar-refractivity contribution is -0.115. The number of rotatable bonds is 7. The maximum absolute atomic E-state index is 12.5. The molecule has 0 saturated carbocycles. The van der Waals surface area contributed by atoms with Crippen molar-refractivity contribution < 1.29 is 14.3 Å². The van der Waals surface area contributed by atoms with Gasteiger partial charge in [0.25, 0.3) is 0 Å². The number of anilines is 2. The van der Waals surface area contributed by atoms with Crippen molar-refractivity contribution in [1.29, 1.82) is 10.5 Å². The number of esters is 1. The molecule has 2 aromatic carbocycles. The Morgan fingerprint density at radius 1 is 1.09 bits per heavy atom. The number of methoxy groups -OCH3 is 1. The van der Waals surface area contributed by atoms with E-state index in [-0.39, 0.29) is 34.8 Å². The van der Waals surface area contributed by atoms with Gasteiger partial charge in [0.15, 0.2) is 0 Å². The van der Waals surface area contributed by atoms with Crippen molar-refractivity contribution in [2.45, 2.75) is 18.4 Å². The van der Waals surface area contributed by atoms with Gasteiger partial charge in [-0.3, -0.25) is 4.79 Å². The van der Waals surface area contributed by atoms with E-state index in [0.717, 1.165) is 5.56 Å². The molecule has 0 radical (unpaired) electrons. The molecule has 0 spiro atoms. The molecule has 0 saturated heterocycles. The third-order valence-electron chi connectivity index (χ3n) is 4.93. The Balaban J connectivity index is 1.80. The normalized spacial score (nSPS) is 10.1. The number of nitrogens with one attached hydrogen (secondary N) is 1. The smallest absolute Gasteiger partial charge is 0.339 e. The fourth-order valence-electron chi connectivity index (χ4n) is 3.24.